The molecule has 1 rings (SSSR count). The van der Waals surface area contributed by atoms with Crippen LogP contribution >= 0.6 is 0 Å². The highest BCUT2D eigenvalue weighted by atomic mass is 16.3. The van der Waals surface area contributed by atoms with Gasteiger partial charge in [0.05, 0.1) is 6.61 Å². The van der Waals surface area contributed by atoms with Gasteiger partial charge in [0, 0.05) is 32.6 Å². The molecule has 0 aromatic carbocycles. The first-order valence-corrected chi connectivity index (χ1v) is 5.29. The minimum absolute atomic E-state index is 0.160. The number of hydrogen-bond donors (Lipinski definition) is 1. The second-order valence-electron chi connectivity index (χ2n) is 3.76. The van der Waals surface area contributed by atoms with Crippen LogP contribution in [-0.4, -0.2) is 59.6 Å². The average Bonchev–Trinajstić information content (AvgIpc) is 2.63. The Labute approximate surface area is 85.5 Å². The number of aliphatic hydroxyl groups excluding tert-OH is 1. The number of rotatable bonds is 4. The molecule has 82 valence electrons. The second kappa shape index (κ2) is 5.32. The summed E-state index contributed by atoms with van der Waals surface area (Å²) in [5.41, 5.74) is 0. The van der Waals surface area contributed by atoms with Crippen molar-refractivity contribution in [3.63, 3.8) is 0 Å². The van der Waals surface area contributed by atoms with E-state index in [0.717, 1.165) is 26.1 Å². The van der Waals surface area contributed by atoms with Gasteiger partial charge in [0.2, 0.25) is 5.91 Å². The van der Waals surface area contributed by atoms with Crippen molar-refractivity contribution in [2.24, 2.45) is 0 Å². The Kier molecular flexibility index (Phi) is 4.35. The first-order chi connectivity index (χ1) is 6.69. The van der Waals surface area contributed by atoms with Crippen molar-refractivity contribution in [2.75, 3.05) is 32.8 Å². The van der Waals surface area contributed by atoms with Gasteiger partial charge in [-0.05, 0) is 13.0 Å². The smallest absolute Gasteiger partial charge is 0.219 e. The van der Waals surface area contributed by atoms with Crippen LogP contribution in [0.15, 0.2) is 0 Å². The van der Waals surface area contributed by atoms with Gasteiger partial charge in [-0.25, -0.2) is 0 Å². The van der Waals surface area contributed by atoms with Crippen LogP contribution in [0.1, 0.15) is 20.3 Å². The van der Waals surface area contributed by atoms with E-state index in [0.29, 0.717) is 12.6 Å². The van der Waals surface area contributed by atoms with Gasteiger partial charge in [-0.1, -0.05) is 6.92 Å². The lowest BCUT2D eigenvalue weighted by molar-refractivity contribution is -0.127. The van der Waals surface area contributed by atoms with Crippen molar-refractivity contribution in [2.45, 2.75) is 26.3 Å². The van der Waals surface area contributed by atoms with E-state index in [9.17, 15) is 4.79 Å². The number of likely N-dealkylation sites (tertiary alicyclic amines) is 1. The topological polar surface area (TPSA) is 43.8 Å². The molecule has 4 heteroatoms. The van der Waals surface area contributed by atoms with Gasteiger partial charge in [0.25, 0.3) is 0 Å². The molecule has 1 heterocycles. The highest BCUT2D eigenvalue weighted by molar-refractivity contribution is 5.73. The first-order valence-electron chi connectivity index (χ1n) is 5.29. The summed E-state index contributed by atoms with van der Waals surface area (Å²) in [7, 11) is 0. The van der Waals surface area contributed by atoms with Gasteiger partial charge in [-0.2, -0.15) is 0 Å². The minimum atomic E-state index is 0.160. The normalized spacial score (nSPS) is 22.0. The van der Waals surface area contributed by atoms with Crippen LogP contribution in [0.2, 0.25) is 0 Å². The van der Waals surface area contributed by atoms with E-state index in [2.05, 4.69) is 11.8 Å². The molecule has 0 aliphatic carbocycles. The minimum Gasteiger partial charge on any atom is -0.395 e. The van der Waals surface area contributed by atoms with E-state index in [1.54, 1.807) is 6.92 Å². The van der Waals surface area contributed by atoms with Gasteiger partial charge in [-0.3, -0.25) is 9.69 Å². The molecule has 1 atom stereocenters. The Morgan fingerprint density at radius 1 is 1.64 bits per heavy atom. The van der Waals surface area contributed by atoms with Crippen LogP contribution in [0.4, 0.5) is 0 Å². The second-order valence-corrected chi connectivity index (χ2v) is 3.76. The van der Waals surface area contributed by atoms with Gasteiger partial charge < -0.3 is 10.0 Å². The van der Waals surface area contributed by atoms with Gasteiger partial charge in [0.15, 0.2) is 0 Å². The first kappa shape index (κ1) is 11.5. The molecule has 1 amide bonds. The predicted molar refractivity (Wildman–Crippen MR) is 55.0 cm³/mol. The third-order valence-electron chi connectivity index (χ3n) is 2.92. The average molecular weight is 200 g/mol. The molecule has 0 spiro atoms. The number of likely N-dealkylation sites (N-methyl/N-ethyl adjacent to an activating group) is 1. The fourth-order valence-electron chi connectivity index (χ4n) is 2.05. The van der Waals surface area contributed by atoms with E-state index in [-0.39, 0.29) is 12.5 Å². The molecule has 0 unspecified atom stereocenters. The summed E-state index contributed by atoms with van der Waals surface area (Å²) in [4.78, 5) is 15.2. The van der Waals surface area contributed by atoms with Crippen molar-refractivity contribution in [1.82, 2.24) is 9.80 Å². The zero-order valence-corrected chi connectivity index (χ0v) is 9.07. The molecule has 0 aromatic rings. The number of aliphatic hydroxyl groups is 1. The summed E-state index contributed by atoms with van der Waals surface area (Å²) < 4.78 is 0. The lowest BCUT2D eigenvalue weighted by atomic mass is 10.2. The van der Waals surface area contributed by atoms with Crippen molar-refractivity contribution >= 4 is 5.91 Å². The highest BCUT2D eigenvalue weighted by Crippen LogP contribution is 2.15. The number of carbonyl (C=O) groups excluding carboxylic acids is 1. The summed E-state index contributed by atoms with van der Waals surface area (Å²) in [6.07, 6.45) is 1.04. The Morgan fingerprint density at radius 3 is 2.79 bits per heavy atom. The maximum absolute atomic E-state index is 11.1. The van der Waals surface area contributed by atoms with Crippen LogP contribution in [0.3, 0.4) is 0 Å². The lowest BCUT2D eigenvalue weighted by Crippen LogP contribution is -2.39. The molecule has 1 aliphatic heterocycles. The van der Waals surface area contributed by atoms with Crippen LogP contribution < -0.4 is 0 Å². The number of hydrogen-bond acceptors (Lipinski definition) is 3. The van der Waals surface area contributed by atoms with Crippen molar-refractivity contribution in [3.05, 3.63) is 0 Å². The van der Waals surface area contributed by atoms with Crippen molar-refractivity contribution in [1.29, 1.82) is 0 Å². The molecule has 0 aromatic heterocycles. The Bertz CT molecular complexity index is 197. The Hall–Kier alpha value is -0.610. The summed E-state index contributed by atoms with van der Waals surface area (Å²) >= 11 is 0. The quantitative estimate of drug-likeness (QED) is 0.690. The van der Waals surface area contributed by atoms with Gasteiger partial charge in [0.1, 0.15) is 0 Å². The third kappa shape index (κ3) is 2.69. The Balaban J connectivity index is 2.42. The largest absolute Gasteiger partial charge is 0.395 e. The summed E-state index contributed by atoms with van der Waals surface area (Å²) in [6.45, 7) is 7.25. The maximum Gasteiger partial charge on any atom is 0.219 e. The molecule has 1 N–H and O–H groups in total. The molecule has 1 fully saturated rings. The van der Waals surface area contributed by atoms with Gasteiger partial charge >= 0.3 is 0 Å². The lowest BCUT2D eigenvalue weighted by Gasteiger charge is -2.26. The fraction of sp³-hybridized carbons (Fsp3) is 0.900. The summed E-state index contributed by atoms with van der Waals surface area (Å²) in [5, 5.41) is 8.88. The van der Waals surface area contributed by atoms with E-state index >= 15 is 0 Å². The molecular weight excluding hydrogens is 180 g/mol. The van der Waals surface area contributed by atoms with E-state index in [1.165, 1.54) is 0 Å². The van der Waals surface area contributed by atoms with Crippen LogP contribution in [0.5, 0.6) is 0 Å². The molecule has 0 bridgehead atoms. The molecule has 0 saturated carbocycles. The zero-order valence-electron chi connectivity index (χ0n) is 9.07. The highest BCUT2D eigenvalue weighted by Gasteiger charge is 2.27. The molecule has 1 saturated heterocycles. The van der Waals surface area contributed by atoms with Gasteiger partial charge in [-0.15, -0.1) is 0 Å². The molecule has 4 nitrogen and oxygen atoms in total. The van der Waals surface area contributed by atoms with Crippen LogP contribution in [-0.2, 0) is 4.79 Å². The summed E-state index contributed by atoms with van der Waals surface area (Å²) in [6, 6.07) is 0.441. The van der Waals surface area contributed by atoms with E-state index < -0.39 is 0 Å². The van der Waals surface area contributed by atoms with Crippen LogP contribution in [0, 0.1) is 0 Å². The summed E-state index contributed by atoms with van der Waals surface area (Å²) in [5.74, 6) is 0.160. The van der Waals surface area contributed by atoms with Crippen molar-refractivity contribution < 1.29 is 9.90 Å². The number of amides is 1. The van der Waals surface area contributed by atoms with E-state index in [4.69, 9.17) is 5.11 Å². The third-order valence-corrected chi connectivity index (χ3v) is 2.92. The van der Waals surface area contributed by atoms with Crippen LogP contribution in [0.25, 0.3) is 0 Å². The Morgan fingerprint density at radius 2 is 2.36 bits per heavy atom. The van der Waals surface area contributed by atoms with E-state index in [1.807, 2.05) is 4.90 Å². The predicted octanol–water partition coefficient (Wildman–Crippen LogP) is -0.0786. The monoisotopic (exact) mass is 200 g/mol. The number of carbonyl (C=O) groups is 1. The number of nitrogens with zero attached hydrogens (tertiary/aromatic N) is 2. The molecular formula is C10H20N2O2. The fourth-order valence-corrected chi connectivity index (χ4v) is 2.05. The zero-order chi connectivity index (χ0) is 10.6. The molecule has 14 heavy (non-hydrogen) atoms. The standard InChI is InChI=1S/C10H20N2O2/c1-3-11(6-7-13)10-4-5-12(8-10)9(2)14/h10,13H,3-8H2,1-2H3/t10-/m1/s1. The SMILES string of the molecule is CCN(CCO)[C@@H]1CCN(C(C)=O)C1. The maximum atomic E-state index is 11.1. The molecule has 1 aliphatic rings. The molecule has 0 radical (unpaired) electrons. The van der Waals surface area contributed by atoms with Crippen molar-refractivity contribution in [3.8, 4) is 0 Å².